The Labute approximate surface area is 233 Å². The zero-order chi connectivity index (χ0) is 28.9. The minimum Gasteiger partial charge on any atom is -0.492 e. The Bertz CT molecular complexity index is 1330. The second-order valence-electron chi connectivity index (χ2n) is 12.2. The van der Waals surface area contributed by atoms with Crippen molar-refractivity contribution in [2.75, 3.05) is 33.5 Å². The number of ether oxygens (including phenoxy) is 6. The lowest BCUT2D eigenvalue weighted by molar-refractivity contribution is -0.185. The molecule has 2 aromatic rings. The van der Waals surface area contributed by atoms with Crippen LogP contribution in [0, 0.1) is 5.41 Å². The van der Waals surface area contributed by atoms with E-state index in [9.17, 15) is 9.59 Å². The number of aromatic nitrogens is 1. The average molecular weight is 554 g/mol. The maximum absolute atomic E-state index is 13.3. The van der Waals surface area contributed by atoms with Crippen LogP contribution in [0.4, 0.5) is 9.59 Å². The summed E-state index contributed by atoms with van der Waals surface area (Å²) in [4.78, 5) is 36.9. The van der Waals surface area contributed by atoms with Gasteiger partial charge in [-0.15, -0.1) is 4.90 Å². The Hall–Kier alpha value is -3.86. The molecule has 1 fully saturated rings. The molecule has 0 saturated carbocycles. The van der Waals surface area contributed by atoms with Crippen molar-refractivity contribution in [1.82, 2.24) is 9.88 Å². The van der Waals surface area contributed by atoms with E-state index in [-0.39, 0.29) is 12.6 Å². The summed E-state index contributed by atoms with van der Waals surface area (Å²) in [5, 5.41) is 0. The van der Waals surface area contributed by atoms with E-state index < -0.39 is 34.3 Å². The van der Waals surface area contributed by atoms with Crippen molar-refractivity contribution in [3.8, 4) is 22.9 Å². The van der Waals surface area contributed by atoms with Crippen molar-refractivity contribution >= 4 is 18.2 Å². The molecular weight excluding hydrogens is 518 g/mol. The first-order chi connectivity index (χ1) is 18.8. The van der Waals surface area contributed by atoms with Crippen LogP contribution >= 0.6 is 0 Å². The van der Waals surface area contributed by atoms with Crippen LogP contribution in [-0.4, -0.2) is 72.8 Å². The molecule has 4 heterocycles. The highest BCUT2D eigenvalue weighted by Crippen LogP contribution is 2.56. The highest BCUT2D eigenvalue weighted by atomic mass is 16.6. The highest BCUT2D eigenvalue weighted by Gasteiger charge is 2.65. The first kappa shape index (κ1) is 27.7. The molecule has 214 valence electrons. The van der Waals surface area contributed by atoms with Crippen molar-refractivity contribution in [1.29, 1.82) is 0 Å². The maximum atomic E-state index is 13.3. The lowest BCUT2D eigenvalue weighted by Crippen LogP contribution is -2.63. The summed E-state index contributed by atoms with van der Waals surface area (Å²) >= 11 is 0. The van der Waals surface area contributed by atoms with Gasteiger partial charge >= 0.3 is 18.2 Å². The third kappa shape index (κ3) is 4.94. The van der Waals surface area contributed by atoms with E-state index in [4.69, 9.17) is 33.4 Å². The molecule has 11 nitrogen and oxygen atoms in total. The number of hydrogen-bond donors (Lipinski definition) is 0. The maximum Gasteiger partial charge on any atom is 0.428 e. The molecule has 1 saturated heterocycles. The van der Waals surface area contributed by atoms with Crippen molar-refractivity contribution < 1.29 is 38.0 Å². The predicted molar refractivity (Wildman–Crippen MR) is 144 cm³/mol. The van der Waals surface area contributed by atoms with Gasteiger partial charge in [0.15, 0.2) is 0 Å². The van der Waals surface area contributed by atoms with Gasteiger partial charge < -0.3 is 28.4 Å². The summed E-state index contributed by atoms with van der Waals surface area (Å²) in [5.41, 5.74) is -1.07. The number of imide groups is 1. The number of fused-ring (bicyclic) bond motifs is 3. The molecule has 0 N–H and O–H groups in total. The van der Waals surface area contributed by atoms with Crippen molar-refractivity contribution in [2.45, 2.75) is 58.3 Å². The van der Waals surface area contributed by atoms with Crippen LogP contribution < -0.4 is 9.47 Å². The first-order valence-electron chi connectivity index (χ1n) is 13.1. The Morgan fingerprint density at radius 1 is 0.900 bits per heavy atom. The summed E-state index contributed by atoms with van der Waals surface area (Å²) < 4.78 is 34.3. The summed E-state index contributed by atoms with van der Waals surface area (Å²) in [5.74, 6) is 1.11. The second kappa shape index (κ2) is 9.65. The lowest BCUT2D eigenvalue weighted by atomic mass is 9.64. The number of pyridine rings is 1. The summed E-state index contributed by atoms with van der Waals surface area (Å²) in [7, 11) is 1.56. The van der Waals surface area contributed by atoms with E-state index in [1.165, 1.54) is 0 Å². The molecule has 40 heavy (non-hydrogen) atoms. The van der Waals surface area contributed by atoms with Crippen LogP contribution in [0.3, 0.4) is 0 Å². The second-order valence-corrected chi connectivity index (χ2v) is 12.2. The molecule has 1 aromatic heterocycles. The van der Waals surface area contributed by atoms with Gasteiger partial charge in [-0.3, -0.25) is 0 Å². The van der Waals surface area contributed by atoms with E-state index in [2.05, 4.69) is 4.98 Å². The number of amidine groups is 1. The van der Waals surface area contributed by atoms with Gasteiger partial charge in [0.25, 0.3) is 0 Å². The van der Waals surface area contributed by atoms with E-state index in [1.54, 1.807) is 54.7 Å². The zero-order valence-electron chi connectivity index (χ0n) is 23.9. The van der Waals surface area contributed by atoms with Gasteiger partial charge in [-0.1, -0.05) is 6.07 Å². The molecule has 11 heteroatoms. The minimum atomic E-state index is -1.01. The van der Waals surface area contributed by atoms with E-state index in [0.29, 0.717) is 37.1 Å². The smallest absolute Gasteiger partial charge is 0.428 e. The molecule has 3 aliphatic rings. The summed E-state index contributed by atoms with van der Waals surface area (Å²) in [6.45, 7) is 11.4. The predicted octanol–water partition coefficient (Wildman–Crippen LogP) is 4.92. The number of nitrogens with zero attached hydrogens (tertiary/aromatic N) is 3. The van der Waals surface area contributed by atoms with Gasteiger partial charge in [-0.05, 0) is 65.8 Å². The number of benzene rings is 1. The molecule has 0 bridgehead atoms. The number of rotatable bonds is 2. The first-order valence-corrected chi connectivity index (χ1v) is 13.1. The molecule has 0 radical (unpaired) electrons. The van der Waals surface area contributed by atoms with E-state index in [1.807, 2.05) is 30.3 Å². The van der Waals surface area contributed by atoms with Crippen molar-refractivity contribution in [2.24, 2.45) is 10.4 Å². The molecular formula is C29H35N3O8. The minimum absolute atomic E-state index is 0.0547. The average Bonchev–Trinajstić information content (AvgIpc) is 3.26. The van der Waals surface area contributed by atoms with Crippen LogP contribution in [-0.2, 0) is 24.5 Å². The standard InChI is InChI=1S/C29H35N3O8/c1-26(2,3)39-24(33)32(25(34)40-27(4,5)6)23-31-29(17-38-23)19-13-18(20-9-8-10-22(30-20)35-7)11-12-21(19)37-16-28(29)14-36-15-28/h8-13H,14-17H2,1-7H3. The van der Waals surface area contributed by atoms with Crippen LogP contribution in [0.5, 0.6) is 11.6 Å². The molecule has 0 aliphatic carbocycles. The van der Waals surface area contributed by atoms with E-state index in [0.717, 1.165) is 16.0 Å². The Kier molecular flexibility index (Phi) is 6.68. The fourth-order valence-corrected chi connectivity index (χ4v) is 4.89. The Morgan fingerprint density at radius 3 is 2.15 bits per heavy atom. The monoisotopic (exact) mass is 553 g/mol. The molecule has 2 spiro atoms. The van der Waals surface area contributed by atoms with Crippen molar-refractivity contribution in [3.05, 3.63) is 42.0 Å². The van der Waals surface area contributed by atoms with E-state index >= 15 is 0 Å². The van der Waals surface area contributed by atoms with Gasteiger partial charge in [0.2, 0.25) is 5.88 Å². The van der Waals surface area contributed by atoms with Gasteiger partial charge in [0, 0.05) is 17.2 Å². The number of methoxy groups -OCH3 is 1. The van der Waals surface area contributed by atoms with Gasteiger partial charge in [-0.2, -0.15) is 0 Å². The quantitative estimate of drug-likeness (QED) is 0.511. The Morgan fingerprint density at radius 2 is 1.57 bits per heavy atom. The Balaban J connectivity index is 1.62. The number of aliphatic imine (C=N–C) groups is 1. The fraction of sp³-hybridized carbons (Fsp3) is 0.517. The molecule has 1 aromatic carbocycles. The molecule has 2 amide bonds. The van der Waals surface area contributed by atoms with Crippen LogP contribution in [0.2, 0.25) is 0 Å². The number of carbonyl (C=O) groups is 2. The molecule has 5 rings (SSSR count). The number of carbonyl (C=O) groups excluding carboxylic acids is 2. The largest absolute Gasteiger partial charge is 0.492 e. The molecule has 1 atom stereocenters. The normalized spacial score (nSPS) is 20.9. The highest BCUT2D eigenvalue weighted by molar-refractivity contribution is 6.06. The fourth-order valence-electron chi connectivity index (χ4n) is 4.89. The topological polar surface area (TPSA) is 118 Å². The van der Waals surface area contributed by atoms with Crippen molar-refractivity contribution in [3.63, 3.8) is 0 Å². The van der Waals surface area contributed by atoms with Crippen LogP contribution in [0.15, 0.2) is 41.4 Å². The summed E-state index contributed by atoms with van der Waals surface area (Å²) in [6.07, 6.45) is -1.89. The van der Waals surface area contributed by atoms with Gasteiger partial charge in [0.05, 0.1) is 31.4 Å². The number of amides is 2. The summed E-state index contributed by atoms with van der Waals surface area (Å²) in [6, 6.07) is 11.1. The van der Waals surface area contributed by atoms with Gasteiger partial charge in [0.1, 0.15) is 35.7 Å². The zero-order valence-corrected chi connectivity index (χ0v) is 23.9. The third-order valence-electron chi connectivity index (χ3n) is 6.83. The lowest BCUT2D eigenvalue weighted by Gasteiger charge is -2.53. The third-order valence-corrected chi connectivity index (χ3v) is 6.83. The van der Waals surface area contributed by atoms with Gasteiger partial charge in [-0.25, -0.2) is 19.6 Å². The number of hydrogen-bond acceptors (Lipinski definition) is 10. The SMILES string of the molecule is COc1cccc(-c2ccc3c(c2)C2(COC(N(C(=O)OC(C)(C)C)C(=O)OC(C)(C)C)=N2)C2(COC2)CO3)n1. The molecule has 3 aliphatic heterocycles. The van der Waals surface area contributed by atoms with Crippen LogP contribution in [0.1, 0.15) is 47.1 Å². The van der Waals surface area contributed by atoms with Crippen LogP contribution in [0.25, 0.3) is 11.3 Å². The molecule has 1 unspecified atom stereocenters.